The van der Waals surface area contributed by atoms with Gasteiger partial charge in [0.05, 0.1) is 7.11 Å². The Labute approximate surface area is 168 Å². The maximum absolute atomic E-state index is 9.85. The standard InChI is InChI=1S/C24H33NO3/c1-18(20-9-11-23(27)12-10-20)14-25-15-21(22(16-25)17-26)7-3-5-19-6-4-8-24(13-19)28-2/h4,6,8-13,18,21-22,26-27H,3,5,7,14-17H2,1-2H3/t18?,21-,22-/m1/s1. The van der Waals surface area contributed by atoms with Gasteiger partial charge in [-0.15, -0.1) is 0 Å². The van der Waals surface area contributed by atoms with E-state index in [1.54, 1.807) is 19.2 Å². The molecule has 152 valence electrons. The van der Waals surface area contributed by atoms with Crippen LogP contribution in [-0.4, -0.2) is 48.5 Å². The number of ether oxygens (including phenoxy) is 1. The number of phenolic OH excluding ortho intramolecular Hbond substituents is 1. The van der Waals surface area contributed by atoms with Crippen molar-refractivity contribution >= 4 is 0 Å². The molecule has 0 spiro atoms. The Kier molecular flexibility index (Phi) is 7.35. The molecule has 3 atom stereocenters. The molecule has 3 rings (SSSR count). The summed E-state index contributed by atoms with van der Waals surface area (Å²) in [5, 5.41) is 19.3. The van der Waals surface area contributed by atoms with Gasteiger partial charge in [0.1, 0.15) is 11.5 Å². The molecule has 0 saturated carbocycles. The molecular formula is C24H33NO3. The molecule has 28 heavy (non-hydrogen) atoms. The molecule has 2 N–H and O–H groups in total. The Morgan fingerprint density at radius 1 is 1.11 bits per heavy atom. The molecule has 4 heteroatoms. The lowest BCUT2D eigenvalue weighted by atomic mass is 9.91. The fraction of sp³-hybridized carbons (Fsp3) is 0.500. The van der Waals surface area contributed by atoms with E-state index in [9.17, 15) is 10.2 Å². The summed E-state index contributed by atoms with van der Waals surface area (Å²) in [6.07, 6.45) is 3.33. The van der Waals surface area contributed by atoms with Crippen LogP contribution < -0.4 is 4.74 Å². The highest BCUT2D eigenvalue weighted by Crippen LogP contribution is 2.30. The van der Waals surface area contributed by atoms with E-state index >= 15 is 0 Å². The summed E-state index contributed by atoms with van der Waals surface area (Å²) >= 11 is 0. The zero-order valence-corrected chi connectivity index (χ0v) is 17.1. The summed E-state index contributed by atoms with van der Waals surface area (Å²) in [6, 6.07) is 15.8. The normalized spacial score (nSPS) is 21.0. The zero-order valence-electron chi connectivity index (χ0n) is 17.1. The molecule has 0 aliphatic carbocycles. The number of methoxy groups -OCH3 is 1. The smallest absolute Gasteiger partial charge is 0.119 e. The van der Waals surface area contributed by atoms with Crippen molar-refractivity contribution in [3.63, 3.8) is 0 Å². The first kappa shape index (κ1) is 20.7. The molecule has 0 amide bonds. The quantitative estimate of drug-likeness (QED) is 0.685. The molecule has 1 fully saturated rings. The van der Waals surface area contributed by atoms with Gasteiger partial charge in [-0.3, -0.25) is 0 Å². The van der Waals surface area contributed by atoms with Crippen molar-refractivity contribution in [2.24, 2.45) is 11.8 Å². The van der Waals surface area contributed by atoms with Crippen LogP contribution in [0.25, 0.3) is 0 Å². The van der Waals surface area contributed by atoms with Crippen LogP contribution in [0.1, 0.15) is 36.8 Å². The van der Waals surface area contributed by atoms with Gasteiger partial charge in [0.25, 0.3) is 0 Å². The molecule has 1 aliphatic rings. The number of aromatic hydroxyl groups is 1. The van der Waals surface area contributed by atoms with E-state index in [2.05, 4.69) is 24.0 Å². The minimum atomic E-state index is 0.272. The van der Waals surface area contributed by atoms with Crippen LogP contribution in [-0.2, 0) is 6.42 Å². The molecule has 1 heterocycles. The van der Waals surface area contributed by atoms with Gasteiger partial charge in [0.2, 0.25) is 0 Å². The highest BCUT2D eigenvalue weighted by molar-refractivity contribution is 5.29. The topological polar surface area (TPSA) is 52.9 Å². The van der Waals surface area contributed by atoms with E-state index in [4.69, 9.17) is 4.74 Å². The van der Waals surface area contributed by atoms with Crippen molar-refractivity contribution in [1.29, 1.82) is 0 Å². The summed E-state index contributed by atoms with van der Waals surface area (Å²) < 4.78 is 5.31. The number of likely N-dealkylation sites (tertiary alicyclic amines) is 1. The van der Waals surface area contributed by atoms with Gasteiger partial charge >= 0.3 is 0 Å². The molecule has 0 radical (unpaired) electrons. The molecule has 1 unspecified atom stereocenters. The highest BCUT2D eigenvalue weighted by atomic mass is 16.5. The number of aliphatic hydroxyl groups excluding tert-OH is 1. The third-order valence-electron chi connectivity index (χ3n) is 6.06. The lowest BCUT2D eigenvalue weighted by molar-refractivity contribution is 0.195. The molecule has 1 saturated heterocycles. The monoisotopic (exact) mass is 383 g/mol. The van der Waals surface area contributed by atoms with E-state index in [1.807, 2.05) is 24.3 Å². The lowest BCUT2D eigenvalue weighted by Crippen LogP contribution is -2.26. The van der Waals surface area contributed by atoms with Crippen LogP contribution in [0.15, 0.2) is 48.5 Å². The number of aliphatic hydroxyl groups is 1. The van der Waals surface area contributed by atoms with E-state index in [0.717, 1.165) is 44.6 Å². The number of nitrogens with zero attached hydrogens (tertiary/aromatic N) is 1. The summed E-state index contributed by atoms with van der Waals surface area (Å²) in [5.74, 6) is 2.57. The predicted molar refractivity (Wildman–Crippen MR) is 113 cm³/mol. The van der Waals surface area contributed by atoms with Crippen molar-refractivity contribution in [2.75, 3.05) is 33.4 Å². The van der Waals surface area contributed by atoms with Gasteiger partial charge in [-0.2, -0.15) is 0 Å². The third kappa shape index (κ3) is 5.49. The van der Waals surface area contributed by atoms with Gasteiger partial charge < -0.3 is 19.8 Å². The van der Waals surface area contributed by atoms with Crippen molar-refractivity contribution in [1.82, 2.24) is 4.90 Å². The number of hydrogen-bond donors (Lipinski definition) is 2. The molecule has 2 aromatic rings. The molecule has 4 nitrogen and oxygen atoms in total. The third-order valence-corrected chi connectivity index (χ3v) is 6.06. The highest BCUT2D eigenvalue weighted by Gasteiger charge is 2.32. The van der Waals surface area contributed by atoms with Gasteiger partial charge in [-0.05, 0) is 72.4 Å². The average Bonchev–Trinajstić information content (AvgIpc) is 3.10. The molecule has 2 aromatic carbocycles. The van der Waals surface area contributed by atoms with Crippen molar-refractivity contribution in [2.45, 2.75) is 32.1 Å². The SMILES string of the molecule is COc1cccc(CCC[C@@H]2CN(CC(C)c3ccc(O)cc3)C[C@@H]2CO)c1. The number of phenols is 1. The van der Waals surface area contributed by atoms with Crippen LogP contribution in [0, 0.1) is 11.8 Å². The van der Waals surface area contributed by atoms with Gasteiger partial charge in [0.15, 0.2) is 0 Å². The average molecular weight is 384 g/mol. The maximum atomic E-state index is 9.85. The van der Waals surface area contributed by atoms with Gasteiger partial charge in [0, 0.05) is 26.2 Å². The number of aryl methyl sites for hydroxylation is 1. The minimum absolute atomic E-state index is 0.272. The molecule has 0 bridgehead atoms. The van der Waals surface area contributed by atoms with Crippen LogP contribution in [0.2, 0.25) is 0 Å². The Morgan fingerprint density at radius 2 is 1.86 bits per heavy atom. The van der Waals surface area contributed by atoms with E-state index in [1.165, 1.54) is 11.1 Å². The van der Waals surface area contributed by atoms with Gasteiger partial charge in [-0.25, -0.2) is 0 Å². The first-order valence-electron chi connectivity index (χ1n) is 10.3. The first-order valence-corrected chi connectivity index (χ1v) is 10.3. The predicted octanol–water partition coefficient (Wildman–Crippen LogP) is 4.07. The van der Waals surface area contributed by atoms with Crippen LogP contribution in [0.5, 0.6) is 11.5 Å². The van der Waals surface area contributed by atoms with Crippen molar-refractivity contribution in [3.8, 4) is 11.5 Å². The summed E-state index contributed by atoms with van der Waals surface area (Å²) in [5.41, 5.74) is 2.57. The van der Waals surface area contributed by atoms with Crippen LogP contribution in [0.4, 0.5) is 0 Å². The largest absolute Gasteiger partial charge is 0.508 e. The zero-order chi connectivity index (χ0) is 19.9. The first-order chi connectivity index (χ1) is 13.6. The Morgan fingerprint density at radius 3 is 2.57 bits per heavy atom. The van der Waals surface area contributed by atoms with E-state index in [0.29, 0.717) is 23.5 Å². The number of rotatable bonds is 9. The second kappa shape index (κ2) is 9.94. The maximum Gasteiger partial charge on any atom is 0.119 e. The van der Waals surface area contributed by atoms with Crippen molar-refractivity contribution < 1.29 is 14.9 Å². The lowest BCUT2D eigenvalue weighted by Gasteiger charge is -2.21. The van der Waals surface area contributed by atoms with E-state index < -0.39 is 0 Å². The molecule has 1 aliphatic heterocycles. The summed E-state index contributed by atoms with van der Waals surface area (Å²) in [6.45, 7) is 5.53. The van der Waals surface area contributed by atoms with Crippen LogP contribution >= 0.6 is 0 Å². The second-order valence-corrected chi connectivity index (χ2v) is 8.16. The molecule has 0 aromatic heterocycles. The Hall–Kier alpha value is -2.04. The Balaban J connectivity index is 1.49. The fourth-order valence-corrected chi connectivity index (χ4v) is 4.41. The van der Waals surface area contributed by atoms with Gasteiger partial charge in [-0.1, -0.05) is 31.2 Å². The summed E-state index contributed by atoms with van der Waals surface area (Å²) in [4.78, 5) is 2.49. The van der Waals surface area contributed by atoms with Crippen LogP contribution in [0.3, 0.4) is 0 Å². The number of benzene rings is 2. The Bertz CT molecular complexity index is 731. The number of hydrogen-bond acceptors (Lipinski definition) is 4. The van der Waals surface area contributed by atoms with Crippen molar-refractivity contribution in [3.05, 3.63) is 59.7 Å². The minimum Gasteiger partial charge on any atom is -0.508 e. The fourth-order valence-electron chi connectivity index (χ4n) is 4.41. The second-order valence-electron chi connectivity index (χ2n) is 8.16. The van der Waals surface area contributed by atoms with E-state index in [-0.39, 0.29) is 6.61 Å². The summed E-state index contributed by atoms with van der Waals surface area (Å²) in [7, 11) is 1.71. The molecular weight excluding hydrogens is 350 g/mol.